The van der Waals surface area contributed by atoms with E-state index in [0.717, 1.165) is 0 Å². The van der Waals surface area contributed by atoms with Crippen LogP contribution in [0.15, 0.2) is 12.4 Å². The van der Waals surface area contributed by atoms with Crippen LogP contribution in [0.2, 0.25) is 0 Å². The molecule has 0 fully saturated rings. The van der Waals surface area contributed by atoms with E-state index >= 15 is 0 Å². The van der Waals surface area contributed by atoms with Crippen molar-refractivity contribution in [2.75, 3.05) is 13.1 Å². The molecule has 0 amide bonds. The lowest BCUT2D eigenvalue weighted by molar-refractivity contribution is 0.135. The summed E-state index contributed by atoms with van der Waals surface area (Å²) in [6.45, 7) is 9.47. The molecule has 0 spiro atoms. The molecule has 1 rings (SSSR count). The molecular formula is C32H64N2. The Kier molecular flexibility index (Phi) is 22.2. The molecule has 1 aliphatic heterocycles. The van der Waals surface area contributed by atoms with Gasteiger partial charge in [0.1, 0.15) is 6.17 Å². The van der Waals surface area contributed by atoms with Crippen LogP contribution in [0.5, 0.6) is 0 Å². The second-order valence-electron chi connectivity index (χ2n) is 11.1. The van der Waals surface area contributed by atoms with Crippen molar-refractivity contribution in [3.63, 3.8) is 0 Å². The first-order valence-electron chi connectivity index (χ1n) is 16.0. The molecule has 2 heteroatoms. The van der Waals surface area contributed by atoms with Crippen LogP contribution < -0.4 is 0 Å². The summed E-state index contributed by atoms with van der Waals surface area (Å²) >= 11 is 0. The standard InChI is InChI=1S/C32H64N2/c1-4-7-10-13-15-17-19-22-25-28-33-30-31-34(32(33)27-24-21-12-9-6-3)29-26-23-20-18-16-14-11-8-5-2/h30-32H,4-29H2,1-3H3. The summed E-state index contributed by atoms with van der Waals surface area (Å²) in [7, 11) is 0. The summed E-state index contributed by atoms with van der Waals surface area (Å²) in [5, 5.41) is 0. The maximum absolute atomic E-state index is 2.69. The second-order valence-corrected chi connectivity index (χ2v) is 11.1. The van der Waals surface area contributed by atoms with Gasteiger partial charge in [-0.15, -0.1) is 0 Å². The van der Waals surface area contributed by atoms with Gasteiger partial charge in [0, 0.05) is 25.5 Å². The van der Waals surface area contributed by atoms with Crippen molar-refractivity contribution in [3.05, 3.63) is 12.4 Å². The highest BCUT2D eigenvalue weighted by Crippen LogP contribution is 2.24. The Morgan fingerprint density at radius 1 is 0.382 bits per heavy atom. The van der Waals surface area contributed by atoms with Crippen LogP contribution in [-0.2, 0) is 0 Å². The van der Waals surface area contributed by atoms with E-state index in [1.54, 1.807) is 0 Å². The van der Waals surface area contributed by atoms with E-state index < -0.39 is 0 Å². The molecule has 34 heavy (non-hydrogen) atoms. The second kappa shape index (κ2) is 24.1. The molecule has 0 aromatic rings. The van der Waals surface area contributed by atoms with Gasteiger partial charge < -0.3 is 9.80 Å². The van der Waals surface area contributed by atoms with Crippen LogP contribution in [0.4, 0.5) is 0 Å². The third-order valence-electron chi connectivity index (χ3n) is 7.82. The average Bonchev–Trinajstić information content (AvgIpc) is 3.23. The van der Waals surface area contributed by atoms with Crippen molar-refractivity contribution in [2.45, 2.75) is 181 Å². The highest BCUT2D eigenvalue weighted by atomic mass is 15.4. The molecule has 1 heterocycles. The van der Waals surface area contributed by atoms with Gasteiger partial charge in [0.2, 0.25) is 0 Å². The molecule has 0 saturated heterocycles. The first kappa shape index (κ1) is 31.4. The predicted molar refractivity (Wildman–Crippen MR) is 154 cm³/mol. The van der Waals surface area contributed by atoms with E-state index in [2.05, 4.69) is 43.0 Å². The highest BCUT2D eigenvalue weighted by molar-refractivity contribution is 4.97. The lowest BCUT2D eigenvalue weighted by atomic mass is 10.1. The van der Waals surface area contributed by atoms with E-state index in [-0.39, 0.29) is 0 Å². The summed E-state index contributed by atoms with van der Waals surface area (Å²) in [6.07, 6.45) is 39.5. The minimum Gasteiger partial charge on any atom is -0.356 e. The number of unbranched alkanes of at least 4 members (excludes halogenated alkanes) is 20. The number of rotatable bonds is 26. The monoisotopic (exact) mass is 477 g/mol. The molecule has 0 bridgehead atoms. The molecule has 0 aliphatic carbocycles. The topological polar surface area (TPSA) is 6.48 Å². The summed E-state index contributed by atoms with van der Waals surface area (Å²) in [4.78, 5) is 5.38. The largest absolute Gasteiger partial charge is 0.356 e. The van der Waals surface area contributed by atoms with Crippen molar-refractivity contribution in [3.8, 4) is 0 Å². The molecule has 0 aromatic heterocycles. The Morgan fingerprint density at radius 3 is 1.03 bits per heavy atom. The summed E-state index contributed by atoms with van der Waals surface area (Å²) in [6, 6.07) is 0. The van der Waals surface area contributed by atoms with E-state index in [4.69, 9.17) is 0 Å². The zero-order valence-electron chi connectivity index (χ0n) is 24.0. The maximum atomic E-state index is 2.69. The van der Waals surface area contributed by atoms with Crippen LogP contribution in [0.25, 0.3) is 0 Å². The number of hydrogen-bond donors (Lipinski definition) is 0. The molecule has 0 saturated carbocycles. The van der Waals surface area contributed by atoms with Crippen molar-refractivity contribution in [2.24, 2.45) is 0 Å². The van der Waals surface area contributed by atoms with E-state index in [1.165, 1.54) is 167 Å². The fourth-order valence-electron chi connectivity index (χ4n) is 5.48. The zero-order valence-corrected chi connectivity index (χ0v) is 24.0. The Morgan fingerprint density at radius 2 is 0.676 bits per heavy atom. The van der Waals surface area contributed by atoms with Gasteiger partial charge in [0.25, 0.3) is 0 Å². The van der Waals surface area contributed by atoms with Gasteiger partial charge in [-0.3, -0.25) is 0 Å². The Hall–Kier alpha value is -0.660. The third-order valence-corrected chi connectivity index (χ3v) is 7.82. The van der Waals surface area contributed by atoms with E-state index in [0.29, 0.717) is 6.17 Å². The van der Waals surface area contributed by atoms with Gasteiger partial charge in [-0.1, -0.05) is 149 Å². The lowest BCUT2D eigenvalue weighted by Gasteiger charge is -2.33. The van der Waals surface area contributed by atoms with Gasteiger partial charge in [-0.25, -0.2) is 0 Å². The molecule has 1 aliphatic rings. The third kappa shape index (κ3) is 16.9. The van der Waals surface area contributed by atoms with E-state index in [1.807, 2.05) is 0 Å². The molecule has 0 atom stereocenters. The molecule has 0 radical (unpaired) electrons. The minimum absolute atomic E-state index is 0.643. The number of hydrogen-bond acceptors (Lipinski definition) is 2. The first-order chi connectivity index (χ1) is 16.8. The first-order valence-corrected chi connectivity index (χ1v) is 16.0. The summed E-state index contributed by atoms with van der Waals surface area (Å²) in [5.41, 5.74) is 0. The lowest BCUT2D eigenvalue weighted by Crippen LogP contribution is -2.39. The SMILES string of the molecule is CCCCCCCCCCCN1C=CN(CCCCCCCCCCC)C1CCCCCCC. The Labute approximate surface area is 216 Å². The van der Waals surface area contributed by atoms with Gasteiger partial charge in [0.05, 0.1) is 0 Å². The molecule has 0 N–H and O–H groups in total. The Balaban J connectivity index is 2.23. The van der Waals surface area contributed by atoms with E-state index in [9.17, 15) is 0 Å². The maximum Gasteiger partial charge on any atom is 0.101 e. The van der Waals surface area contributed by atoms with Crippen LogP contribution in [-0.4, -0.2) is 29.1 Å². The van der Waals surface area contributed by atoms with Crippen molar-refractivity contribution >= 4 is 0 Å². The quantitative estimate of drug-likeness (QED) is 0.114. The number of nitrogens with zero attached hydrogens (tertiary/aromatic N) is 2. The van der Waals surface area contributed by atoms with Crippen molar-refractivity contribution < 1.29 is 0 Å². The van der Waals surface area contributed by atoms with Crippen LogP contribution >= 0.6 is 0 Å². The molecule has 0 unspecified atom stereocenters. The van der Waals surface area contributed by atoms with Crippen LogP contribution in [0.1, 0.15) is 175 Å². The van der Waals surface area contributed by atoms with Gasteiger partial charge in [0.15, 0.2) is 0 Å². The molecule has 2 nitrogen and oxygen atoms in total. The van der Waals surface area contributed by atoms with Crippen LogP contribution in [0.3, 0.4) is 0 Å². The van der Waals surface area contributed by atoms with Crippen molar-refractivity contribution in [1.29, 1.82) is 0 Å². The summed E-state index contributed by atoms with van der Waals surface area (Å²) in [5.74, 6) is 0. The smallest absolute Gasteiger partial charge is 0.101 e. The fourth-order valence-corrected chi connectivity index (χ4v) is 5.48. The Bertz CT molecular complexity index is 401. The summed E-state index contributed by atoms with van der Waals surface area (Å²) < 4.78 is 0. The molecular weight excluding hydrogens is 412 g/mol. The zero-order chi connectivity index (χ0) is 24.5. The molecule has 0 aromatic carbocycles. The average molecular weight is 477 g/mol. The van der Waals surface area contributed by atoms with Gasteiger partial charge >= 0.3 is 0 Å². The highest BCUT2D eigenvalue weighted by Gasteiger charge is 2.24. The fraction of sp³-hybridized carbons (Fsp3) is 0.938. The normalized spacial score (nSPS) is 14.1. The predicted octanol–water partition coefficient (Wildman–Crippen LogP) is 10.8. The van der Waals surface area contributed by atoms with Crippen LogP contribution in [0, 0.1) is 0 Å². The van der Waals surface area contributed by atoms with Crippen molar-refractivity contribution in [1.82, 2.24) is 9.80 Å². The van der Waals surface area contributed by atoms with Gasteiger partial charge in [-0.05, 0) is 25.7 Å². The molecule has 202 valence electrons. The van der Waals surface area contributed by atoms with Gasteiger partial charge in [-0.2, -0.15) is 0 Å². The minimum atomic E-state index is 0.643.